The fourth-order valence-electron chi connectivity index (χ4n) is 1.84. The normalized spacial score (nSPS) is 11.3. The lowest BCUT2D eigenvalue weighted by Crippen LogP contribution is -2.08. The molecule has 2 aromatic rings. The zero-order chi connectivity index (χ0) is 14.2. The van der Waals surface area contributed by atoms with Gasteiger partial charge in [0.25, 0.3) is 0 Å². The summed E-state index contributed by atoms with van der Waals surface area (Å²) in [6.07, 6.45) is 0. The van der Waals surface area contributed by atoms with Gasteiger partial charge in [-0.3, -0.25) is 0 Å². The van der Waals surface area contributed by atoms with Gasteiger partial charge < -0.3 is 4.57 Å². The molecule has 0 bridgehead atoms. The Morgan fingerprint density at radius 1 is 1.16 bits per heavy atom. The van der Waals surface area contributed by atoms with Gasteiger partial charge in [-0.25, -0.2) is 13.2 Å². The highest BCUT2D eigenvalue weighted by atomic mass is 35.5. The van der Waals surface area contributed by atoms with Gasteiger partial charge in [-0.2, -0.15) is 0 Å². The fraction of sp³-hybridized carbons (Fsp3) is 0.333. The van der Waals surface area contributed by atoms with E-state index in [4.69, 9.17) is 11.6 Å². The fourth-order valence-corrected chi connectivity index (χ4v) is 2.02. The van der Waals surface area contributed by atoms with Crippen molar-refractivity contribution in [3.05, 3.63) is 35.4 Å². The molecule has 7 heteroatoms. The molecule has 1 heterocycles. The van der Waals surface area contributed by atoms with Crippen LogP contribution in [0.5, 0.6) is 0 Å². The number of nitrogens with zero attached hydrogens (tertiary/aromatic N) is 3. The van der Waals surface area contributed by atoms with Crippen LogP contribution in [0.3, 0.4) is 0 Å². The SMILES string of the molecule is CC(C)n1c(CCl)nnc1-c1ccc(F)c(F)c1F. The first-order valence-corrected chi connectivity index (χ1v) is 6.14. The first-order valence-electron chi connectivity index (χ1n) is 5.61. The Hall–Kier alpha value is -1.56. The minimum Gasteiger partial charge on any atom is -0.307 e. The largest absolute Gasteiger partial charge is 0.307 e. The second-order valence-electron chi connectivity index (χ2n) is 4.26. The van der Waals surface area contributed by atoms with Crippen molar-refractivity contribution in [2.24, 2.45) is 0 Å². The molecule has 0 unspecified atom stereocenters. The predicted molar refractivity (Wildman–Crippen MR) is 65.3 cm³/mol. The molecule has 3 nitrogen and oxygen atoms in total. The standard InChI is InChI=1S/C12H11ClF3N3/c1-6(2)19-9(5-13)17-18-12(19)7-3-4-8(14)11(16)10(7)15/h3-4,6H,5H2,1-2H3. The second kappa shape index (κ2) is 5.21. The summed E-state index contributed by atoms with van der Waals surface area (Å²) in [5.74, 6) is -3.39. The topological polar surface area (TPSA) is 30.7 Å². The second-order valence-corrected chi connectivity index (χ2v) is 4.53. The maximum absolute atomic E-state index is 13.8. The van der Waals surface area contributed by atoms with E-state index in [0.29, 0.717) is 5.82 Å². The molecule has 0 aliphatic rings. The van der Waals surface area contributed by atoms with Crippen molar-refractivity contribution in [1.82, 2.24) is 14.8 Å². The molecule has 0 aliphatic carbocycles. The molecular formula is C12H11ClF3N3. The zero-order valence-corrected chi connectivity index (χ0v) is 11.0. The Labute approximate surface area is 113 Å². The van der Waals surface area contributed by atoms with E-state index in [1.165, 1.54) is 0 Å². The summed E-state index contributed by atoms with van der Waals surface area (Å²) in [6.45, 7) is 3.67. The van der Waals surface area contributed by atoms with Crippen LogP contribution >= 0.6 is 11.6 Å². The minimum atomic E-state index is -1.52. The van der Waals surface area contributed by atoms with Gasteiger partial charge in [0, 0.05) is 6.04 Å². The van der Waals surface area contributed by atoms with Crippen molar-refractivity contribution in [3.8, 4) is 11.4 Å². The van der Waals surface area contributed by atoms with Gasteiger partial charge >= 0.3 is 0 Å². The smallest absolute Gasteiger partial charge is 0.195 e. The van der Waals surface area contributed by atoms with Crippen molar-refractivity contribution in [3.63, 3.8) is 0 Å². The number of alkyl halides is 1. The third-order valence-electron chi connectivity index (χ3n) is 2.68. The number of halogens is 4. The van der Waals surface area contributed by atoms with E-state index < -0.39 is 17.5 Å². The summed E-state index contributed by atoms with van der Waals surface area (Å²) in [7, 11) is 0. The molecule has 0 spiro atoms. The molecule has 0 radical (unpaired) electrons. The van der Waals surface area contributed by atoms with Crippen LogP contribution < -0.4 is 0 Å². The van der Waals surface area contributed by atoms with E-state index in [1.807, 2.05) is 13.8 Å². The van der Waals surface area contributed by atoms with E-state index in [9.17, 15) is 13.2 Å². The molecule has 0 aliphatic heterocycles. The number of benzene rings is 1. The Balaban J connectivity index is 2.66. The zero-order valence-electron chi connectivity index (χ0n) is 10.3. The van der Waals surface area contributed by atoms with E-state index in [0.717, 1.165) is 12.1 Å². The first-order chi connectivity index (χ1) is 8.97. The van der Waals surface area contributed by atoms with Crippen molar-refractivity contribution in [1.29, 1.82) is 0 Å². The predicted octanol–water partition coefficient (Wildman–Crippen LogP) is 3.68. The van der Waals surface area contributed by atoms with Crippen molar-refractivity contribution < 1.29 is 13.2 Å². The highest BCUT2D eigenvalue weighted by Gasteiger charge is 2.21. The van der Waals surface area contributed by atoms with Crippen molar-refractivity contribution in [2.45, 2.75) is 25.8 Å². The van der Waals surface area contributed by atoms with Gasteiger partial charge in [0.2, 0.25) is 0 Å². The van der Waals surface area contributed by atoms with Crippen LogP contribution in [0.4, 0.5) is 13.2 Å². The average Bonchev–Trinajstić information content (AvgIpc) is 2.80. The maximum Gasteiger partial charge on any atom is 0.195 e. The summed E-state index contributed by atoms with van der Waals surface area (Å²) in [5.41, 5.74) is -0.142. The van der Waals surface area contributed by atoms with E-state index in [2.05, 4.69) is 10.2 Å². The molecule has 102 valence electrons. The molecule has 0 atom stereocenters. The van der Waals surface area contributed by atoms with Crippen molar-refractivity contribution >= 4 is 11.6 Å². The molecule has 2 rings (SSSR count). The molecule has 0 fully saturated rings. The molecular weight excluding hydrogens is 279 g/mol. The monoisotopic (exact) mass is 289 g/mol. The van der Waals surface area contributed by atoms with Crippen LogP contribution in [0.2, 0.25) is 0 Å². The van der Waals surface area contributed by atoms with Crippen molar-refractivity contribution in [2.75, 3.05) is 0 Å². The summed E-state index contributed by atoms with van der Waals surface area (Å²) in [6, 6.07) is 1.90. The Morgan fingerprint density at radius 2 is 1.84 bits per heavy atom. The minimum absolute atomic E-state index is 0.0914. The highest BCUT2D eigenvalue weighted by molar-refractivity contribution is 6.16. The Morgan fingerprint density at radius 3 is 2.42 bits per heavy atom. The molecule has 0 amide bonds. The van der Waals surface area contributed by atoms with Crippen LogP contribution in [0, 0.1) is 17.5 Å². The Bertz CT molecular complexity index is 611. The van der Waals surface area contributed by atoms with Gasteiger partial charge in [-0.1, -0.05) is 0 Å². The Kier molecular flexibility index (Phi) is 3.80. The van der Waals surface area contributed by atoms with Crippen LogP contribution in [-0.4, -0.2) is 14.8 Å². The van der Waals surface area contributed by atoms with Gasteiger partial charge in [0.15, 0.2) is 23.3 Å². The number of rotatable bonds is 3. The van der Waals surface area contributed by atoms with Crippen LogP contribution in [0.1, 0.15) is 25.7 Å². The first kappa shape index (κ1) is 13.9. The van der Waals surface area contributed by atoms with Crippen LogP contribution in [0.25, 0.3) is 11.4 Å². The highest BCUT2D eigenvalue weighted by Crippen LogP contribution is 2.27. The van der Waals surface area contributed by atoms with Gasteiger partial charge in [0.05, 0.1) is 11.4 Å². The number of hydrogen-bond donors (Lipinski definition) is 0. The lowest BCUT2D eigenvalue weighted by atomic mass is 10.1. The lowest BCUT2D eigenvalue weighted by molar-refractivity contribution is 0.447. The molecule has 0 saturated carbocycles. The van der Waals surface area contributed by atoms with E-state index >= 15 is 0 Å². The summed E-state index contributed by atoms with van der Waals surface area (Å²) < 4.78 is 41.6. The molecule has 1 aromatic carbocycles. The number of aromatic nitrogens is 3. The van der Waals surface area contributed by atoms with E-state index in [-0.39, 0.29) is 23.3 Å². The third-order valence-corrected chi connectivity index (χ3v) is 2.92. The van der Waals surface area contributed by atoms with Crippen LogP contribution in [0.15, 0.2) is 12.1 Å². The van der Waals surface area contributed by atoms with Gasteiger partial charge in [0.1, 0.15) is 5.82 Å². The maximum atomic E-state index is 13.8. The number of hydrogen-bond acceptors (Lipinski definition) is 2. The summed E-state index contributed by atoms with van der Waals surface area (Å²) in [5, 5.41) is 7.63. The molecule has 0 saturated heterocycles. The average molecular weight is 290 g/mol. The quantitative estimate of drug-likeness (QED) is 0.637. The molecule has 0 N–H and O–H groups in total. The molecule has 19 heavy (non-hydrogen) atoms. The summed E-state index contributed by atoms with van der Waals surface area (Å²) in [4.78, 5) is 0. The van der Waals surface area contributed by atoms with Crippen LogP contribution in [-0.2, 0) is 5.88 Å². The van der Waals surface area contributed by atoms with Gasteiger partial charge in [-0.05, 0) is 26.0 Å². The third kappa shape index (κ3) is 2.32. The summed E-state index contributed by atoms with van der Waals surface area (Å²) >= 11 is 5.72. The molecule has 1 aromatic heterocycles. The lowest BCUT2D eigenvalue weighted by Gasteiger charge is -2.13. The van der Waals surface area contributed by atoms with Gasteiger partial charge in [-0.15, -0.1) is 21.8 Å². The van der Waals surface area contributed by atoms with E-state index in [1.54, 1.807) is 4.57 Å².